The van der Waals surface area contributed by atoms with E-state index >= 15 is 0 Å². The predicted molar refractivity (Wildman–Crippen MR) is 129 cm³/mol. The van der Waals surface area contributed by atoms with Crippen LogP contribution in [-0.2, 0) is 27.4 Å². The zero-order valence-corrected chi connectivity index (χ0v) is 19.5. The van der Waals surface area contributed by atoms with Gasteiger partial charge in [-0.05, 0) is 25.0 Å². The Kier molecular flexibility index (Phi) is 11.2. The average Bonchev–Trinajstić information content (AvgIpc) is 2.82. The first-order chi connectivity index (χ1) is 15.7. The van der Waals surface area contributed by atoms with Crippen molar-refractivity contribution >= 4 is 0 Å². The smallest absolute Gasteiger partial charge is 0.0721 e. The summed E-state index contributed by atoms with van der Waals surface area (Å²) in [6.45, 7) is 10.1. The van der Waals surface area contributed by atoms with Crippen molar-refractivity contribution in [3.05, 3.63) is 71.8 Å². The maximum Gasteiger partial charge on any atom is 0.0721 e. The summed E-state index contributed by atoms with van der Waals surface area (Å²) in [6.07, 6.45) is 0.146. The summed E-state index contributed by atoms with van der Waals surface area (Å²) in [6, 6.07) is 21.0. The van der Waals surface area contributed by atoms with Crippen LogP contribution >= 0.6 is 0 Å². The summed E-state index contributed by atoms with van der Waals surface area (Å²) >= 11 is 0. The van der Waals surface area contributed by atoms with Gasteiger partial charge in [0.15, 0.2) is 0 Å². The molecule has 6 heteroatoms. The molecule has 32 heavy (non-hydrogen) atoms. The molecule has 1 aliphatic heterocycles. The maximum absolute atomic E-state index is 6.17. The highest BCUT2D eigenvalue weighted by molar-refractivity contribution is 5.14. The van der Waals surface area contributed by atoms with Crippen molar-refractivity contribution in [3.63, 3.8) is 0 Å². The third-order valence-electron chi connectivity index (χ3n) is 5.88. The van der Waals surface area contributed by atoms with Gasteiger partial charge in [0, 0.05) is 38.3 Å². The van der Waals surface area contributed by atoms with E-state index in [4.69, 9.17) is 14.2 Å². The molecule has 4 atom stereocenters. The van der Waals surface area contributed by atoms with E-state index in [1.165, 1.54) is 11.1 Å². The van der Waals surface area contributed by atoms with Crippen LogP contribution < -0.4 is 16.0 Å². The van der Waals surface area contributed by atoms with Gasteiger partial charge < -0.3 is 30.2 Å². The van der Waals surface area contributed by atoms with Crippen LogP contribution in [0.15, 0.2) is 60.7 Å². The summed E-state index contributed by atoms with van der Waals surface area (Å²) in [7, 11) is 0. The molecule has 4 unspecified atom stereocenters. The Morgan fingerprint density at radius 1 is 0.750 bits per heavy atom. The number of hydrogen-bond acceptors (Lipinski definition) is 6. The van der Waals surface area contributed by atoms with Gasteiger partial charge in [-0.25, -0.2) is 0 Å². The van der Waals surface area contributed by atoms with E-state index in [1.807, 2.05) is 36.4 Å². The van der Waals surface area contributed by atoms with E-state index in [9.17, 15) is 0 Å². The number of benzene rings is 2. The Morgan fingerprint density at radius 2 is 1.19 bits per heavy atom. The minimum Gasteiger partial charge on any atom is -0.379 e. The van der Waals surface area contributed by atoms with Gasteiger partial charge in [-0.3, -0.25) is 0 Å². The molecule has 6 nitrogen and oxygen atoms in total. The Morgan fingerprint density at radius 3 is 1.62 bits per heavy atom. The molecule has 3 rings (SSSR count). The number of ether oxygens (including phenoxy) is 3. The van der Waals surface area contributed by atoms with E-state index in [0.29, 0.717) is 26.4 Å². The van der Waals surface area contributed by atoms with Gasteiger partial charge in [0.1, 0.15) is 0 Å². The van der Waals surface area contributed by atoms with Gasteiger partial charge >= 0.3 is 0 Å². The van der Waals surface area contributed by atoms with Crippen molar-refractivity contribution in [2.45, 2.75) is 51.4 Å². The van der Waals surface area contributed by atoms with E-state index < -0.39 is 0 Å². The molecule has 0 aromatic heterocycles. The first-order valence-corrected chi connectivity index (χ1v) is 11.8. The molecule has 0 aliphatic carbocycles. The summed E-state index contributed by atoms with van der Waals surface area (Å²) < 4.78 is 18.1. The van der Waals surface area contributed by atoms with Crippen LogP contribution in [0, 0.1) is 0 Å². The lowest BCUT2D eigenvalue weighted by Gasteiger charge is -2.30. The lowest BCUT2D eigenvalue weighted by atomic mass is 10.1. The summed E-state index contributed by atoms with van der Waals surface area (Å²) in [4.78, 5) is 0. The second-order valence-corrected chi connectivity index (χ2v) is 8.40. The Hall–Kier alpha value is -1.80. The van der Waals surface area contributed by atoms with Crippen LogP contribution in [0.2, 0.25) is 0 Å². The molecule has 1 saturated heterocycles. The Labute approximate surface area is 193 Å². The van der Waals surface area contributed by atoms with Crippen molar-refractivity contribution < 1.29 is 14.2 Å². The SMILES string of the molecule is CC(OCc1ccccc1)C1CNCC(C(C)OCc2ccccc2)NCCOCCN1. The Balaban J connectivity index is 1.49. The largest absolute Gasteiger partial charge is 0.379 e. The summed E-state index contributed by atoms with van der Waals surface area (Å²) in [5, 5.41) is 10.8. The molecule has 0 spiro atoms. The third-order valence-corrected chi connectivity index (χ3v) is 5.88. The molecule has 0 amide bonds. The molecular weight excluding hydrogens is 402 g/mol. The Bertz CT molecular complexity index is 670. The maximum atomic E-state index is 6.17. The van der Waals surface area contributed by atoms with Crippen molar-refractivity contribution in [2.75, 3.05) is 39.4 Å². The first kappa shape index (κ1) is 24.8. The van der Waals surface area contributed by atoms with E-state index in [-0.39, 0.29) is 24.3 Å². The topological polar surface area (TPSA) is 63.8 Å². The predicted octanol–water partition coefficient (Wildman–Crippen LogP) is 2.73. The van der Waals surface area contributed by atoms with Crippen molar-refractivity contribution in [3.8, 4) is 0 Å². The molecule has 3 N–H and O–H groups in total. The highest BCUT2D eigenvalue weighted by atomic mass is 16.5. The number of nitrogens with one attached hydrogen (secondary N) is 3. The monoisotopic (exact) mass is 441 g/mol. The van der Waals surface area contributed by atoms with Gasteiger partial charge in [-0.1, -0.05) is 60.7 Å². The van der Waals surface area contributed by atoms with Gasteiger partial charge in [-0.2, -0.15) is 0 Å². The summed E-state index contributed by atoms with van der Waals surface area (Å²) in [5.41, 5.74) is 2.38. The fourth-order valence-corrected chi connectivity index (χ4v) is 3.77. The van der Waals surface area contributed by atoms with Crippen LogP contribution in [-0.4, -0.2) is 63.7 Å². The number of hydrogen-bond donors (Lipinski definition) is 3. The first-order valence-electron chi connectivity index (χ1n) is 11.8. The molecule has 0 bridgehead atoms. The molecule has 1 aliphatic rings. The minimum atomic E-state index is 0.0730. The molecule has 2 aromatic rings. The fraction of sp³-hybridized carbons (Fsp3) is 0.538. The van der Waals surface area contributed by atoms with Crippen LogP contribution in [0.1, 0.15) is 25.0 Å². The van der Waals surface area contributed by atoms with E-state index in [2.05, 4.69) is 54.1 Å². The second-order valence-electron chi connectivity index (χ2n) is 8.40. The zero-order chi connectivity index (χ0) is 22.4. The summed E-state index contributed by atoms with van der Waals surface area (Å²) in [5.74, 6) is 0. The molecule has 0 radical (unpaired) electrons. The molecule has 176 valence electrons. The highest BCUT2D eigenvalue weighted by Gasteiger charge is 2.21. The normalized spacial score (nSPS) is 22.9. The van der Waals surface area contributed by atoms with Crippen molar-refractivity contribution in [2.24, 2.45) is 0 Å². The number of rotatable bonds is 8. The van der Waals surface area contributed by atoms with Crippen molar-refractivity contribution in [1.29, 1.82) is 0 Å². The minimum absolute atomic E-state index is 0.0730. The van der Waals surface area contributed by atoms with Crippen molar-refractivity contribution in [1.82, 2.24) is 16.0 Å². The third kappa shape index (κ3) is 8.98. The highest BCUT2D eigenvalue weighted by Crippen LogP contribution is 2.08. The molecule has 1 fully saturated rings. The lowest BCUT2D eigenvalue weighted by Crippen LogP contribution is -2.53. The van der Waals surface area contributed by atoms with Crippen LogP contribution in [0.25, 0.3) is 0 Å². The molecule has 2 aromatic carbocycles. The van der Waals surface area contributed by atoms with E-state index in [1.54, 1.807) is 0 Å². The average molecular weight is 442 g/mol. The van der Waals surface area contributed by atoms with E-state index in [0.717, 1.165) is 26.2 Å². The van der Waals surface area contributed by atoms with Crippen LogP contribution in [0.4, 0.5) is 0 Å². The van der Waals surface area contributed by atoms with Gasteiger partial charge in [-0.15, -0.1) is 0 Å². The fourth-order valence-electron chi connectivity index (χ4n) is 3.77. The van der Waals surface area contributed by atoms with Gasteiger partial charge in [0.2, 0.25) is 0 Å². The standard InChI is InChI=1S/C26H39N3O3/c1-21(31-19-23-9-5-3-6-10-23)25-17-27-18-26(29-14-16-30-15-13-28-25)22(2)32-20-24-11-7-4-8-12-24/h3-12,21-22,25-29H,13-20H2,1-2H3. The molecule has 1 heterocycles. The van der Waals surface area contributed by atoms with Gasteiger partial charge in [0.25, 0.3) is 0 Å². The zero-order valence-electron chi connectivity index (χ0n) is 19.5. The molecular formula is C26H39N3O3. The van der Waals surface area contributed by atoms with Crippen LogP contribution in [0.5, 0.6) is 0 Å². The second kappa shape index (κ2) is 14.4. The quantitative estimate of drug-likeness (QED) is 0.586. The molecule has 0 saturated carbocycles. The van der Waals surface area contributed by atoms with Crippen LogP contribution in [0.3, 0.4) is 0 Å². The lowest BCUT2D eigenvalue weighted by molar-refractivity contribution is 0.0154. The van der Waals surface area contributed by atoms with Gasteiger partial charge in [0.05, 0.1) is 38.6 Å².